The third-order valence-electron chi connectivity index (χ3n) is 11.0. The van der Waals surface area contributed by atoms with Crippen LogP contribution in [0.4, 0.5) is 0 Å². The minimum absolute atomic E-state index is 0.433. The molecule has 0 amide bonds. The monoisotopic (exact) mass is 350 g/mol. The summed E-state index contributed by atoms with van der Waals surface area (Å²) in [5.74, 6) is 3.54. The number of hydrogen-bond donors (Lipinski definition) is 0. The summed E-state index contributed by atoms with van der Waals surface area (Å²) in [6, 6.07) is 10.2. The zero-order valence-corrected chi connectivity index (χ0v) is 17.9. The maximum absolute atomic E-state index is 2.55. The summed E-state index contributed by atoms with van der Waals surface area (Å²) in [7, 11) is 0. The first kappa shape index (κ1) is 17.3. The summed E-state index contributed by atoms with van der Waals surface area (Å²) in [5.41, 5.74) is 5.10. The van der Waals surface area contributed by atoms with Gasteiger partial charge in [0.05, 0.1) is 0 Å². The smallest absolute Gasteiger partial charge is 0.00352 e. The van der Waals surface area contributed by atoms with Crippen LogP contribution in [0, 0.1) is 34.5 Å². The molecular weight excluding hydrogens is 312 g/mol. The van der Waals surface area contributed by atoms with Gasteiger partial charge in [0.25, 0.3) is 0 Å². The number of rotatable bonds is 2. The number of fused-ring (bicyclic) bond motifs is 4. The minimum atomic E-state index is 0.433. The zero-order chi connectivity index (χ0) is 18.5. The highest BCUT2D eigenvalue weighted by Crippen LogP contribution is 2.72. The molecule has 26 heavy (non-hydrogen) atoms. The van der Waals surface area contributed by atoms with E-state index in [1.54, 1.807) is 11.1 Å². The summed E-state index contributed by atoms with van der Waals surface area (Å²) in [6.45, 7) is 15.2. The maximum atomic E-state index is 2.55. The molecule has 7 rings (SSSR count). The second kappa shape index (κ2) is 4.98. The predicted molar refractivity (Wildman–Crippen MR) is 110 cm³/mol. The fraction of sp³-hybridized carbons (Fsp3) is 0.769. The van der Waals surface area contributed by atoms with Gasteiger partial charge in [-0.05, 0) is 84.2 Å². The van der Waals surface area contributed by atoms with Gasteiger partial charge in [-0.2, -0.15) is 0 Å². The van der Waals surface area contributed by atoms with Gasteiger partial charge in [0.2, 0.25) is 0 Å². The molecule has 0 aliphatic heterocycles. The molecule has 6 atom stereocenters. The topological polar surface area (TPSA) is 0 Å². The van der Waals surface area contributed by atoms with Crippen LogP contribution in [-0.2, 0) is 10.8 Å². The quantitative estimate of drug-likeness (QED) is 0.533. The van der Waals surface area contributed by atoms with Crippen LogP contribution in [-0.4, -0.2) is 0 Å². The Morgan fingerprint density at radius 2 is 0.962 bits per heavy atom. The fourth-order valence-electron chi connectivity index (χ4n) is 8.89. The molecule has 0 N–H and O–H groups in total. The summed E-state index contributed by atoms with van der Waals surface area (Å²) in [4.78, 5) is 0. The van der Waals surface area contributed by atoms with Crippen molar-refractivity contribution in [2.45, 2.75) is 90.9 Å². The van der Waals surface area contributed by atoms with Crippen LogP contribution in [0.2, 0.25) is 0 Å². The van der Waals surface area contributed by atoms with Crippen LogP contribution in [0.1, 0.15) is 91.2 Å². The molecule has 1 aromatic rings. The highest BCUT2D eigenvalue weighted by atomic mass is 14.7. The standard InChI is InChI=1S/C26H38/c1-17-7-9-21-15-25(17,23(21,3)4)19-11-13-20(14-12-19)26-16-22(24(26,5)6)10-8-18(26)2/h11-14,17-18,21-22H,7-10,15-16H2,1-6H3. The van der Waals surface area contributed by atoms with Gasteiger partial charge in [-0.1, -0.05) is 65.8 Å². The van der Waals surface area contributed by atoms with E-state index in [1.165, 1.54) is 38.5 Å². The van der Waals surface area contributed by atoms with Crippen molar-refractivity contribution >= 4 is 0 Å². The van der Waals surface area contributed by atoms with Gasteiger partial charge in [-0.3, -0.25) is 0 Å². The average Bonchev–Trinajstić information content (AvgIpc) is 2.61. The molecular formula is C26H38. The first-order chi connectivity index (χ1) is 12.2. The van der Waals surface area contributed by atoms with Crippen LogP contribution in [0.5, 0.6) is 0 Å². The normalized spacial score (nSPS) is 47.6. The van der Waals surface area contributed by atoms with Crippen LogP contribution < -0.4 is 0 Å². The van der Waals surface area contributed by atoms with E-state index >= 15 is 0 Å². The molecule has 0 saturated heterocycles. The third kappa shape index (κ3) is 1.66. The number of hydrogen-bond acceptors (Lipinski definition) is 0. The van der Waals surface area contributed by atoms with Crippen molar-refractivity contribution in [3.05, 3.63) is 35.4 Å². The lowest BCUT2D eigenvalue weighted by Crippen LogP contribution is -2.65. The summed E-state index contributed by atoms with van der Waals surface area (Å²) in [5, 5.41) is 0. The van der Waals surface area contributed by atoms with Crippen LogP contribution in [0.3, 0.4) is 0 Å². The lowest BCUT2D eigenvalue weighted by molar-refractivity contribution is -0.135. The fourth-order valence-corrected chi connectivity index (χ4v) is 8.89. The first-order valence-corrected chi connectivity index (χ1v) is 11.3. The van der Waals surface area contributed by atoms with Crippen molar-refractivity contribution in [2.75, 3.05) is 0 Å². The van der Waals surface area contributed by atoms with Gasteiger partial charge < -0.3 is 0 Å². The lowest BCUT2D eigenvalue weighted by atomic mass is 9.34. The van der Waals surface area contributed by atoms with E-state index in [0.717, 1.165) is 23.7 Å². The van der Waals surface area contributed by atoms with Crippen molar-refractivity contribution in [3.8, 4) is 0 Å². The molecule has 142 valence electrons. The molecule has 0 nitrogen and oxygen atoms in total. The molecule has 6 fully saturated rings. The highest BCUT2D eigenvalue weighted by Gasteiger charge is 2.66. The van der Waals surface area contributed by atoms with Gasteiger partial charge >= 0.3 is 0 Å². The van der Waals surface area contributed by atoms with E-state index in [2.05, 4.69) is 65.8 Å². The van der Waals surface area contributed by atoms with E-state index < -0.39 is 0 Å². The Balaban J connectivity index is 1.53. The minimum Gasteiger partial charge on any atom is -0.0616 e. The average molecular weight is 351 g/mol. The van der Waals surface area contributed by atoms with E-state index in [1.807, 2.05) is 0 Å². The Labute approximate surface area is 161 Å². The second-order valence-corrected chi connectivity index (χ2v) is 11.7. The van der Waals surface area contributed by atoms with Crippen molar-refractivity contribution in [1.82, 2.24) is 0 Å². The van der Waals surface area contributed by atoms with Gasteiger partial charge in [-0.25, -0.2) is 0 Å². The summed E-state index contributed by atoms with van der Waals surface area (Å²) >= 11 is 0. The molecule has 6 unspecified atom stereocenters. The largest absolute Gasteiger partial charge is 0.0616 e. The van der Waals surface area contributed by atoms with Gasteiger partial charge in [0.1, 0.15) is 0 Å². The Morgan fingerprint density at radius 3 is 1.23 bits per heavy atom. The Morgan fingerprint density at radius 1 is 0.615 bits per heavy atom. The second-order valence-electron chi connectivity index (χ2n) is 11.7. The van der Waals surface area contributed by atoms with Gasteiger partial charge in [-0.15, -0.1) is 0 Å². The molecule has 0 radical (unpaired) electrons. The van der Waals surface area contributed by atoms with Crippen molar-refractivity contribution in [2.24, 2.45) is 34.5 Å². The van der Waals surface area contributed by atoms with E-state index in [9.17, 15) is 0 Å². The van der Waals surface area contributed by atoms with Gasteiger partial charge in [0.15, 0.2) is 0 Å². The molecule has 1 aromatic carbocycles. The number of benzene rings is 1. The van der Waals surface area contributed by atoms with E-state index in [-0.39, 0.29) is 0 Å². The Hall–Kier alpha value is -0.780. The summed E-state index contributed by atoms with van der Waals surface area (Å²) < 4.78 is 0. The maximum Gasteiger partial charge on any atom is 0.00352 e. The molecule has 0 heteroatoms. The lowest BCUT2D eigenvalue weighted by Gasteiger charge is -2.70. The third-order valence-corrected chi connectivity index (χ3v) is 11.0. The van der Waals surface area contributed by atoms with Crippen molar-refractivity contribution in [3.63, 3.8) is 0 Å². The highest BCUT2D eigenvalue weighted by molar-refractivity contribution is 5.42. The molecule has 0 heterocycles. The van der Waals surface area contributed by atoms with Crippen LogP contribution >= 0.6 is 0 Å². The molecule has 6 saturated carbocycles. The Bertz CT molecular complexity index is 660. The molecule has 4 bridgehead atoms. The van der Waals surface area contributed by atoms with Crippen molar-refractivity contribution < 1.29 is 0 Å². The molecule has 6 aliphatic carbocycles. The first-order valence-electron chi connectivity index (χ1n) is 11.3. The molecule has 0 aromatic heterocycles. The molecule has 0 spiro atoms. The summed E-state index contributed by atoms with van der Waals surface area (Å²) in [6.07, 6.45) is 8.59. The zero-order valence-electron chi connectivity index (χ0n) is 17.9. The van der Waals surface area contributed by atoms with Crippen LogP contribution in [0.25, 0.3) is 0 Å². The van der Waals surface area contributed by atoms with E-state index in [0.29, 0.717) is 21.7 Å². The van der Waals surface area contributed by atoms with Gasteiger partial charge in [0, 0.05) is 10.8 Å². The SMILES string of the molecule is CC1CCC2CC1(c1ccc(C34CC(CCC3C)C4(C)C)cc1)C2(C)C. The Kier molecular flexibility index (Phi) is 3.32. The molecule has 6 aliphatic rings. The predicted octanol–water partition coefficient (Wildman–Crippen LogP) is 7.11. The van der Waals surface area contributed by atoms with Crippen LogP contribution in [0.15, 0.2) is 24.3 Å². The van der Waals surface area contributed by atoms with Crippen molar-refractivity contribution in [1.29, 1.82) is 0 Å². The van der Waals surface area contributed by atoms with E-state index in [4.69, 9.17) is 0 Å².